The fourth-order valence-corrected chi connectivity index (χ4v) is 3.14. The number of hydrogen-bond acceptors (Lipinski definition) is 3. The first kappa shape index (κ1) is 15.7. The zero-order chi connectivity index (χ0) is 13.5. The normalized spacial score (nSPS) is 10.2. The molecule has 0 spiro atoms. The van der Waals surface area contributed by atoms with E-state index >= 15 is 0 Å². The lowest BCUT2D eigenvalue weighted by atomic mass is 10.3. The van der Waals surface area contributed by atoms with Crippen LogP contribution in [0.25, 0.3) is 0 Å². The first-order valence-electron chi connectivity index (χ1n) is 5.54. The third-order valence-corrected chi connectivity index (χ3v) is 5.33. The molecule has 1 aromatic rings. The van der Waals surface area contributed by atoms with Crippen molar-refractivity contribution in [3.63, 3.8) is 0 Å². The minimum absolute atomic E-state index is 0.0364. The number of amides is 2. The summed E-state index contributed by atoms with van der Waals surface area (Å²) in [5.41, 5.74) is 0. The van der Waals surface area contributed by atoms with Gasteiger partial charge < -0.3 is 10.6 Å². The Balaban J connectivity index is 2.31. The van der Waals surface area contributed by atoms with Crippen molar-refractivity contribution in [2.45, 2.75) is 19.8 Å². The lowest BCUT2D eigenvalue weighted by molar-refractivity contribution is -0.120. The second kappa shape index (κ2) is 7.91. The second-order valence-electron chi connectivity index (χ2n) is 3.59. The van der Waals surface area contributed by atoms with Crippen molar-refractivity contribution in [2.75, 3.05) is 13.1 Å². The minimum Gasteiger partial charge on any atom is -0.356 e. The molecule has 0 aliphatic carbocycles. The van der Waals surface area contributed by atoms with E-state index in [0.29, 0.717) is 24.4 Å². The van der Waals surface area contributed by atoms with Crippen LogP contribution in [0.15, 0.2) is 14.3 Å². The van der Waals surface area contributed by atoms with E-state index in [0.717, 1.165) is 14.7 Å². The summed E-state index contributed by atoms with van der Waals surface area (Å²) >= 11 is 8.01. The molecule has 1 aromatic heterocycles. The van der Waals surface area contributed by atoms with Crippen LogP contribution in [-0.4, -0.2) is 24.9 Å². The van der Waals surface area contributed by atoms with Gasteiger partial charge in [-0.25, -0.2) is 0 Å². The predicted molar refractivity (Wildman–Crippen MR) is 80.0 cm³/mol. The van der Waals surface area contributed by atoms with Crippen molar-refractivity contribution in [2.24, 2.45) is 0 Å². The molecule has 0 saturated carbocycles. The van der Waals surface area contributed by atoms with Crippen molar-refractivity contribution < 1.29 is 9.59 Å². The molecule has 0 saturated heterocycles. The maximum absolute atomic E-state index is 11.7. The van der Waals surface area contributed by atoms with Crippen molar-refractivity contribution >= 4 is 55.0 Å². The standard InChI is InChI=1S/C11H14Br2N2O2S/c1-2-4-14-9(16)3-5-15-11(17)8-6-7(12)10(13)18-8/h6H,2-5H2,1H3,(H,14,16)(H,15,17). The Morgan fingerprint density at radius 1 is 1.28 bits per heavy atom. The summed E-state index contributed by atoms with van der Waals surface area (Å²) < 4.78 is 1.74. The van der Waals surface area contributed by atoms with Crippen LogP contribution >= 0.6 is 43.2 Å². The van der Waals surface area contributed by atoms with Crippen molar-refractivity contribution in [1.29, 1.82) is 0 Å². The summed E-state index contributed by atoms with van der Waals surface area (Å²) in [7, 11) is 0. The van der Waals surface area contributed by atoms with Crippen LogP contribution in [-0.2, 0) is 4.79 Å². The first-order valence-corrected chi connectivity index (χ1v) is 7.94. The fraction of sp³-hybridized carbons (Fsp3) is 0.455. The number of carbonyl (C=O) groups excluding carboxylic acids is 2. The number of thiophene rings is 1. The lowest BCUT2D eigenvalue weighted by Gasteiger charge is -2.04. The maximum Gasteiger partial charge on any atom is 0.261 e. The van der Waals surface area contributed by atoms with Crippen molar-refractivity contribution in [3.05, 3.63) is 19.2 Å². The van der Waals surface area contributed by atoms with Crippen LogP contribution < -0.4 is 10.6 Å². The van der Waals surface area contributed by atoms with Crippen molar-refractivity contribution in [3.8, 4) is 0 Å². The van der Waals surface area contributed by atoms with Crippen LogP contribution in [0.3, 0.4) is 0 Å². The van der Waals surface area contributed by atoms with E-state index in [1.807, 2.05) is 6.92 Å². The van der Waals surface area contributed by atoms with Gasteiger partial charge in [-0.1, -0.05) is 6.92 Å². The highest BCUT2D eigenvalue weighted by Crippen LogP contribution is 2.32. The van der Waals surface area contributed by atoms with Gasteiger partial charge in [0.15, 0.2) is 0 Å². The topological polar surface area (TPSA) is 58.2 Å². The van der Waals surface area contributed by atoms with Crippen LogP contribution in [0.5, 0.6) is 0 Å². The molecule has 2 amide bonds. The molecule has 18 heavy (non-hydrogen) atoms. The van der Waals surface area contributed by atoms with E-state index in [1.165, 1.54) is 11.3 Å². The molecular weight excluding hydrogens is 384 g/mol. The Kier molecular flexibility index (Phi) is 6.88. The average molecular weight is 398 g/mol. The molecule has 0 atom stereocenters. The summed E-state index contributed by atoms with van der Waals surface area (Å²) in [4.78, 5) is 23.6. The molecule has 1 rings (SSSR count). The predicted octanol–water partition coefficient (Wildman–Crippen LogP) is 2.92. The molecule has 7 heteroatoms. The SMILES string of the molecule is CCCNC(=O)CCNC(=O)c1cc(Br)c(Br)s1. The summed E-state index contributed by atoms with van der Waals surface area (Å²) in [6.45, 7) is 3.02. The third-order valence-electron chi connectivity index (χ3n) is 2.08. The highest BCUT2D eigenvalue weighted by molar-refractivity contribution is 9.13. The average Bonchev–Trinajstić information content (AvgIpc) is 2.67. The molecule has 0 radical (unpaired) electrons. The van der Waals surface area contributed by atoms with E-state index in [1.54, 1.807) is 6.07 Å². The van der Waals surface area contributed by atoms with E-state index in [-0.39, 0.29) is 11.8 Å². The lowest BCUT2D eigenvalue weighted by Crippen LogP contribution is -2.30. The first-order chi connectivity index (χ1) is 8.54. The highest BCUT2D eigenvalue weighted by Gasteiger charge is 2.11. The smallest absolute Gasteiger partial charge is 0.261 e. The molecule has 0 aromatic carbocycles. The Labute approximate surface area is 127 Å². The van der Waals surface area contributed by atoms with Crippen LogP contribution in [0.1, 0.15) is 29.4 Å². The van der Waals surface area contributed by atoms with Crippen molar-refractivity contribution in [1.82, 2.24) is 10.6 Å². The van der Waals surface area contributed by atoms with E-state index < -0.39 is 0 Å². The molecular formula is C11H14Br2N2O2S. The highest BCUT2D eigenvalue weighted by atomic mass is 79.9. The Morgan fingerprint density at radius 3 is 2.56 bits per heavy atom. The molecule has 2 N–H and O–H groups in total. The molecule has 0 bridgehead atoms. The molecule has 0 aliphatic rings. The zero-order valence-electron chi connectivity index (χ0n) is 9.89. The Morgan fingerprint density at radius 2 is 2.00 bits per heavy atom. The molecule has 100 valence electrons. The number of carbonyl (C=O) groups is 2. The van der Waals surface area contributed by atoms with Gasteiger partial charge in [0.2, 0.25) is 5.91 Å². The second-order valence-corrected chi connectivity index (χ2v) is 6.81. The summed E-state index contributed by atoms with van der Waals surface area (Å²) in [6, 6.07) is 1.75. The number of nitrogens with one attached hydrogen (secondary N) is 2. The van der Waals surface area contributed by atoms with Gasteiger partial charge in [-0.3, -0.25) is 9.59 Å². The maximum atomic E-state index is 11.7. The van der Waals surface area contributed by atoms with Gasteiger partial charge in [0, 0.05) is 24.0 Å². The van der Waals surface area contributed by atoms with Gasteiger partial charge in [-0.05, 0) is 44.3 Å². The largest absolute Gasteiger partial charge is 0.356 e. The monoisotopic (exact) mass is 396 g/mol. The zero-order valence-corrected chi connectivity index (χ0v) is 13.9. The van der Waals surface area contributed by atoms with Crippen LogP contribution in [0.4, 0.5) is 0 Å². The Bertz CT molecular complexity index is 415. The molecule has 0 fully saturated rings. The van der Waals surface area contributed by atoms with Crippen LogP contribution in [0.2, 0.25) is 0 Å². The number of hydrogen-bond donors (Lipinski definition) is 2. The van der Waals surface area contributed by atoms with Gasteiger partial charge in [-0.15, -0.1) is 11.3 Å². The molecule has 0 unspecified atom stereocenters. The van der Waals surface area contributed by atoms with E-state index in [2.05, 4.69) is 42.5 Å². The third kappa shape index (κ3) is 5.07. The number of halogens is 2. The van der Waals surface area contributed by atoms with E-state index in [9.17, 15) is 9.59 Å². The number of rotatable bonds is 6. The van der Waals surface area contributed by atoms with Gasteiger partial charge in [0.25, 0.3) is 5.91 Å². The van der Waals surface area contributed by atoms with Gasteiger partial charge in [0.1, 0.15) is 0 Å². The quantitative estimate of drug-likeness (QED) is 0.775. The minimum atomic E-state index is -0.158. The molecule has 4 nitrogen and oxygen atoms in total. The van der Waals surface area contributed by atoms with Gasteiger partial charge >= 0.3 is 0 Å². The van der Waals surface area contributed by atoms with E-state index in [4.69, 9.17) is 0 Å². The van der Waals surface area contributed by atoms with Gasteiger partial charge in [0.05, 0.1) is 8.66 Å². The molecule has 0 aliphatic heterocycles. The molecule has 1 heterocycles. The van der Waals surface area contributed by atoms with Gasteiger partial charge in [-0.2, -0.15) is 0 Å². The Hall–Kier alpha value is -0.400. The summed E-state index contributed by atoms with van der Waals surface area (Å²) in [5, 5.41) is 5.47. The summed E-state index contributed by atoms with van der Waals surface area (Å²) in [5.74, 6) is -0.194. The fourth-order valence-electron chi connectivity index (χ4n) is 1.19. The summed E-state index contributed by atoms with van der Waals surface area (Å²) in [6.07, 6.45) is 1.22. The van der Waals surface area contributed by atoms with Crippen LogP contribution in [0, 0.1) is 0 Å².